The molecule has 3 heteroatoms. The van der Waals surface area contributed by atoms with Crippen molar-refractivity contribution < 1.29 is 0 Å². The van der Waals surface area contributed by atoms with E-state index in [1.54, 1.807) is 0 Å². The highest BCUT2D eigenvalue weighted by Gasteiger charge is 2.34. The maximum atomic E-state index is 3.77. The molecule has 0 amide bonds. The lowest BCUT2D eigenvalue weighted by atomic mass is 9.77. The Morgan fingerprint density at radius 2 is 1.43 bits per heavy atom. The molecule has 2 saturated carbocycles. The van der Waals surface area contributed by atoms with E-state index in [0.29, 0.717) is 6.04 Å². The van der Waals surface area contributed by atoms with Gasteiger partial charge in [-0.15, -0.1) is 12.4 Å². The number of hydrogen-bond donors (Lipinski definition) is 2. The normalized spacial score (nSPS) is 22.5. The van der Waals surface area contributed by atoms with Gasteiger partial charge in [0.15, 0.2) is 0 Å². The van der Waals surface area contributed by atoms with Gasteiger partial charge in [-0.2, -0.15) is 0 Å². The van der Waals surface area contributed by atoms with Gasteiger partial charge in [0, 0.05) is 6.04 Å². The molecule has 118 valence electrons. The van der Waals surface area contributed by atoms with E-state index in [0.717, 1.165) is 0 Å². The molecule has 1 aromatic rings. The monoisotopic (exact) mass is 308 g/mol. The quantitative estimate of drug-likeness (QED) is 0.788. The fourth-order valence-corrected chi connectivity index (χ4v) is 3.89. The van der Waals surface area contributed by atoms with E-state index in [2.05, 4.69) is 41.2 Å². The van der Waals surface area contributed by atoms with E-state index in [4.69, 9.17) is 0 Å². The second-order valence-electron chi connectivity index (χ2n) is 6.61. The van der Waals surface area contributed by atoms with E-state index in [9.17, 15) is 0 Å². The predicted octanol–water partition coefficient (Wildman–Crippen LogP) is 4.69. The van der Waals surface area contributed by atoms with Crippen LogP contribution in [0.25, 0.3) is 0 Å². The van der Waals surface area contributed by atoms with Crippen molar-refractivity contribution >= 4 is 12.4 Å². The van der Waals surface area contributed by atoms with Crippen LogP contribution >= 0.6 is 12.4 Å². The molecule has 1 aromatic carbocycles. The molecule has 3 rings (SSSR count). The van der Waals surface area contributed by atoms with Crippen molar-refractivity contribution in [1.29, 1.82) is 0 Å². The maximum absolute atomic E-state index is 3.77. The molecule has 2 aliphatic rings. The van der Waals surface area contributed by atoms with Crippen LogP contribution in [0.4, 0.5) is 0 Å². The van der Waals surface area contributed by atoms with Crippen molar-refractivity contribution in [3.63, 3.8) is 0 Å². The Hall–Kier alpha value is -0.570. The first-order valence-corrected chi connectivity index (χ1v) is 8.47. The second kappa shape index (κ2) is 8.17. The average molecular weight is 309 g/mol. The minimum absolute atomic E-state index is 0. The summed E-state index contributed by atoms with van der Waals surface area (Å²) in [6.07, 6.45) is 13.4. The van der Waals surface area contributed by atoms with Gasteiger partial charge in [-0.3, -0.25) is 5.43 Å². The van der Waals surface area contributed by atoms with Gasteiger partial charge in [-0.25, -0.2) is 5.43 Å². The summed E-state index contributed by atoms with van der Waals surface area (Å²) in [5, 5.41) is 0. The lowest BCUT2D eigenvalue weighted by Crippen LogP contribution is -2.54. The molecule has 0 unspecified atom stereocenters. The zero-order valence-electron chi connectivity index (χ0n) is 12.9. The molecule has 0 heterocycles. The van der Waals surface area contributed by atoms with Crippen LogP contribution < -0.4 is 10.9 Å². The van der Waals surface area contributed by atoms with Crippen LogP contribution in [0.3, 0.4) is 0 Å². The van der Waals surface area contributed by atoms with Gasteiger partial charge in [-0.1, -0.05) is 68.9 Å². The summed E-state index contributed by atoms with van der Waals surface area (Å²) >= 11 is 0. The van der Waals surface area contributed by atoms with E-state index in [1.807, 2.05) is 0 Å². The summed E-state index contributed by atoms with van der Waals surface area (Å²) in [7, 11) is 0. The number of halogens is 1. The maximum Gasteiger partial charge on any atom is 0.0572 e. The van der Waals surface area contributed by atoms with Crippen molar-refractivity contribution in [2.45, 2.75) is 75.8 Å². The minimum atomic E-state index is 0. The fourth-order valence-electron chi connectivity index (χ4n) is 3.89. The van der Waals surface area contributed by atoms with Crippen LogP contribution in [0.2, 0.25) is 0 Å². The number of hydrazine groups is 1. The van der Waals surface area contributed by atoms with Crippen LogP contribution in [-0.4, -0.2) is 6.04 Å². The van der Waals surface area contributed by atoms with Gasteiger partial charge in [-0.05, 0) is 31.2 Å². The lowest BCUT2D eigenvalue weighted by molar-refractivity contribution is 0.178. The summed E-state index contributed by atoms with van der Waals surface area (Å²) in [5.74, 6) is 0. The summed E-state index contributed by atoms with van der Waals surface area (Å²) in [6, 6.07) is 11.7. The molecule has 0 spiro atoms. The summed E-state index contributed by atoms with van der Waals surface area (Å²) in [4.78, 5) is 0. The lowest BCUT2D eigenvalue weighted by Gasteiger charge is -2.40. The molecule has 0 saturated heterocycles. The Balaban J connectivity index is 0.00000161. The Kier molecular flexibility index (Phi) is 6.53. The van der Waals surface area contributed by atoms with E-state index >= 15 is 0 Å². The molecule has 21 heavy (non-hydrogen) atoms. The van der Waals surface area contributed by atoms with Crippen molar-refractivity contribution in [2.75, 3.05) is 0 Å². The molecule has 2 nitrogen and oxygen atoms in total. The molecular formula is C18H29ClN2. The molecule has 0 aromatic heterocycles. The number of nitrogens with one attached hydrogen (secondary N) is 2. The first-order valence-electron chi connectivity index (χ1n) is 8.47. The zero-order valence-corrected chi connectivity index (χ0v) is 13.8. The Bertz CT molecular complexity index is 395. The molecule has 2 N–H and O–H groups in total. The van der Waals surface area contributed by atoms with Crippen molar-refractivity contribution in [2.24, 2.45) is 0 Å². The van der Waals surface area contributed by atoms with Crippen LogP contribution in [-0.2, 0) is 5.54 Å². The van der Waals surface area contributed by atoms with Gasteiger partial charge in [0.25, 0.3) is 0 Å². The van der Waals surface area contributed by atoms with Gasteiger partial charge in [0.1, 0.15) is 0 Å². The molecule has 0 bridgehead atoms. The third-order valence-corrected chi connectivity index (χ3v) is 5.15. The van der Waals surface area contributed by atoms with Crippen LogP contribution in [0.5, 0.6) is 0 Å². The van der Waals surface area contributed by atoms with E-state index < -0.39 is 0 Å². The van der Waals surface area contributed by atoms with Crippen LogP contribution in [0.15, 0.2) is 30.3 Å². The highest BCUT2D eigenvalue weighted by atomic mass is 35.5. The third-order valence-electron chi connectivity index (χ3n) is 5.15. The number of benzene rings is 1. The van der Waals surface area contributed by atoms with Gasteiger partial charge in [0.2, 0.25) is 0 Å². The molecular weight excluding hydrogens is 280 g/mol. The van der Waals surface area contributed by atoms with E-state index in [1.165, 1.54) is 69.8 Å². The average Bonchev–Trinajstić information content (AvgIpc) is 2.56. The predicted molar refractivity (Wildman–Crippen MR) is 91.6 cm³/mol. The first-order chi connectivity index (χ1) is 9.89. The highest BCUT2D eigenvalue weighted by Crippen LogP contribution is 2.36. The Morgan fingerprint density at radius 3 is 2.10 bits per heavy atom. The van der Waals surface area contributed by atoms with Gasteiger partial charge in [0.05, 0.1) is 5.54 Å². The van der Waals surface area contributed by atoms with Crippen molar-refractivity contribution in [3.8, 4) is 0 Å². The largest absolute Gasteiger partial charge is 0.254 e. The SMILES string of the molecule is Cl.c1ccc(C2(NNC3CCCCC3)CCCCC2)cc1. The van der Waals surface area contributed by atoms with Gasteiger partial charge >= 0.3 is 0 Å². The number of rotatable bonds is 4. The van der Waals surface area contributed by atoms with Crippen molar-refractivity contribution in [3.05, 3.63) is 35.9 Å². The molecule has 0 radical (unpaired) electrons. The Morgan fingerprint density at radius 1 is 0.810 bits per heavy atom. The molecule has 0 atom stereocenters. The minimum Gasteiger partial charge on any atom is -0.254 e. The summed E-state index contributed by atoms with van der Waals surface area (Å²) in [5.41, 5.74) is 9.08. The van der Waals surface area contributed by atoms with E-state index in [-0.39, 0.29) is 17.9 Å². The first kappa shape index (κ1) is 16.8. The molecule has 0 aliphatic heterocycles. The Labute approximate surface area is 135 Å². The third kappa shape index (κ3) is 4.21. The van der Waals surface area contributed by atoms with Gasteiger partial charge < -0.3 is 0 Å². The van der Waals surface area contributed by atoms with Crippen LogP contribution in [0.1, 0.15) is 69.8 Å². The second-order valence-corrected chi connectivity index (χ2v) is 6.61. The van der Waals surface area contributed by atoms with Crippen LogP contribution in [0, 0.1) is 0 Å². The zero-order chi connectivity index (χ0) is 13.7. The smallest absolute Gasteiger partial charge is 0.0572 e. The van der Waals surface area contributed by atoms with Crippen molar-refractivity contribution in [1.82, 2.24) is 10.9 Å². The summed E-state index contributed by atoms with van der Waals surface area (Å²) < 4.78 is 0. The fraction of sp³-hybridized carbons (Fsp3) is 0.667. The summed E-state index contributed by atoms with van der Waals surface area (Å²) in [6.45, 7) is 0. The standard InChI is InChI=1S/C18H28N2.ClH/c1-4-10-16(11-5-1)18(14-8-3-9-15-18)20-19-17-12-6-2-7-13-17;/h1,4-5,10-11,17,19-20H,2-3,6-9,12-15H2;1H. The molecule has 2 fully saturated rings. The topological polar surface area (TPSA) is 24.1 Å². The number of hydrogen-bond acceptors (Lipinski definition) is 2. The highest BCUT2D eigenvalue weighted by molar-refractivity contribution is 5.85. The molecule has 2 aliphatic carbocycles.